The first-order chi connectivity index (χ1) is 8.09. The predicted octanol–water partition coefficient (Wildman–Crippen LogP) is 4.47. The fraction of sp³-hybridized carbons (Fsp3) is 0.273. The highest BCUT2D eigenvalue weighted by molar-refractivity contribution is 6.31. The van der Waals surface area contributed by atoms with E-state index in [-0.39, 0.29) is 10.6 Å². The van der Waals surface area contributed by atoms with E-state index >= 15 is 0 Å². The van der Waals surface area contributed by atoms with E-state index in [1.165, 1.54) is 0 Å². The van der Waals surface area contributed by atoms with Gasteiger partial charge in [-0.2, -0.15) is 26.3 Å². The summed E-state index contributed by atoms with van der Waals surface area (Å²) in [5.41, 5.74) is -1.07. The number of rotatable bonds is 1. The van der Waals surface area contributed by atoms with Crippen molar-refractivity contribution in [2.75, 3.05) is 0 Å². The van der Waals surface area contributed by atoms with Crippen LogP contribution in [0.3, 0.4) is 0 Å². The molecule has 0 spiro atoms. The molecule has 0 unspecified atom stereocenters. The van der Waals surface area contributed by atoms with Gasteiger partial charge in [0.05, 0.1) is 5.56 Å². The van der Waals surface area contributed by atoms with Crippen molar-refractivity contribution in [1.82, 2.24) is 0 Å². The van der Waals surface area contributed by atoms with Crippen molar-refractivity contribution in [2.45, 2.75) is 18.8 Å². The first kappa shape index (κ1) is 14.7. The molecular formula is C11H5ClF6. The smallest absolute Gasteiger partial charge is 0.166 e. The zero-order valence-corrected chi connectivity index (χ0v) is 9.34. The van der Waals surface area contributed by atoms with E-state index in [2.05, 4.69) is 0 Å². The van der Waals surface area contributed by atoms with Gasteiger partial charge in [0.15, 0.2) is 0 Å². The van der Waals surface area contributed by atoms with Crippen LogP contribution >= 0.6 is 11.6 Å². The van der Waals surface area contributed by atoms with Gasteiger partial charge in [-0.25, -0.2) is 0 Å². The van der Waals surface area contributed by atoms with Crippen molar-refractivity contribution in [2.24, 2.45) is 0 Å². The summed E-state index contributed by atoms with van der Waals surface area (Å²) in [5, 5.41) is -0.0560. The Hall–Kier alpha value is -1.35. The van der Waals surface area contributed by atoms with Gasteiger partial charge in [-0.15, -0.1) is 0 Å². The molecule has 0 saturated carbocycles. The monoisotopic (exact) mass is 286 g/mol. The Kier molecular flexibility index (Phi) is 4.17. The molecule has 0 aliphatic heterocycles. The maximum absolute atomic E-state index is 12.4. The maximum Gasteiger partial charge on any atom is 0.457 e. The molecule has 0 nitrogen and oxygen atoms in total. The molecule has 0 radical (unpaired) electrons. The van der Waals surface area contributed by atoms with Gasteiger partial charge in [0.2, 0.25) is 0 Å². The SMILES string of the molecule is FC(F)(F)C#CCc1cc(C(F)(F)F)ccc1Cl. The highest BCUT2D eigenvalue weighted by Crippen LogP contribution is 2.31. The third-order valence-corrected chi connectivity index (χ3v) is 2.25. The molecule has 1 rings (SSSR count). The summed E-state index contributed by atoms with van der Waals surface area (Å²) in [6.45, 7) is 0. The van der Waals surface area contributed by atoms with Crippen molar-refractivity contribution in [1.29, 1.82) is 0 Å². The van der Waals surface area contributed by atoms with Gasteiger partial charge in [-0.05, 0) is 23.8 Å². The van der Waals surface area contributed by atoms with Gasteiger partial charge >= 0.3 is 12.4 Å². The van der Waals surface area contributed by atoms with E-state index in [9.17, 15) is 26.3 Å². The van der Waals surface area contributed by atoms with Gasteiger partial charge in [-0.1, -0.05) is 17.5 Å². The fourth-order valence-corrected chi connectivity index (χ4v) is 1.31. The number of hydrogen-bond donors (Lipinski definition) is 0. The molecule has 0 bridgehead atoms. The molecule has 0 amide bonds. The predicted molar refractivity (Wildman–Crippen MR) is 54.0 cm³/mol. The second-order valence-corrected chi connectivity index (χ2v) is 3.69. The number of halogens is 7. The summed E-state index contributed by atoms with van der Waals surface area (Å²) in [6.07, 6.45) is -9.74. The zero-order valence-electron chi connectivity index (χ0n) is 8.58. The first-order valence-corrected chi connectivity index (χ1v) is 4.90. The normalized spacial score (nSPS) is 11.9. The van der Waals surface area contributed by atoms with E-state index < -0.39 is 24.3 Å². The third-order valence-electron chi connectivity index (χ3n) is 1.88. The third kappa shape index (κ3) is 4.49. The summed E-state index contributed by atoms with van der Waals surface area (Å²) < 4.78 is 72.3. The van der Waals surface area contributed by atoms with Crippen molar-refractivity contribution in [3.05, 3.63) is 34.3 Å². The Morgan fingerprint density at radius 1 is 1.06 bits per heavy atom. The van der Waals surface area contributed by atoms with Gasteiger partial charge in [0.1, 0.15) is 0 Å². The van der Waals surface area contributed by atoms with Crippen molar-refractivity contribution in [3.63, 3.8) is 0 Å². The molecule has 0 aliphatic rings. The lowest BCUT2D eigenvalue weighted by Crippen LogP contribution is -2.05. The summed E-state index contributed by atoms with van der Waals surface area (Å²) in [7, 11) is 0. The second kappa shape index (κ2) is 5.11. The second-order valence-electron chi connectivity index (χ2n) is 3.28. The van der Waals surface area contributed by atoms with Crippen LogP contribution in [-0.4, -0.2) is 6.18 Å². The van der Waals surface area contributed by atoms with E-state index in [1.807, 2.05) is 0 Å². The van der Waals surface area contributed by atoms with E-state index in [0.29, 0.717) is 6.07 Å². The number of hydrogen-bond acceptors (Lipinski definition) is 0. The highest BCUT2D eigenvalue weighted by Gasteiger charge is 2.30. The quantitative estimate of drug-likeness (QED) is 0.528. The molecule has 18 heavy (non-hydrogen) atoms. The average molecular weight is 287 g/mol. The van der Waals surface area contributed by atoms with E-state index in [1.54, 1.807) is 5.92 Å². The van der Waals surface area contributed by atoms with E-state index in [0.717, 1.165) is 18.1 Å². The summed E-state index contributed by atoms with van der Waals surface area (Å²) >= 11 is 5.58. The zero-order chi connectivity index (χ0) is 14.0. The van der Waals surface area contributed by atoms with Crippen LogP contribution in [0.5, 0.6) is 0 Å². The lowest BCUT2D eigenvalue weighted by atomic mass is 10.1. The standard InChI is InChI=1S/C11H5ClF6/c12-9-4-3-8(11(16,17)18)6-7(9)2-1-5-10(13,14)15/h3-4,6H,2H2. The maximum atomic E-state index is 12.4. The minimum absolute atomic E-state index is 0.0560. The van der Waals surface area contributed by atoms with Crippen LogP contribution in [0.4, 0.5) is 26.3 Å². The first-order valence-electron chi connectivity index (χ1n) is 4.52. The number of benzene rings is 1. The van der Waals surface area contributed by atoms with Crippen molar-refractivity contribution >= 4 is 11.6 Å². The molecule has 0 N–H and O–H groups in total. The highest BCUT2D eigenvalue weighted by atomic mass is 35.5. The van der Waals surface area contributed by atoms with Crippen LogP contribution in [0.25, 0.3) is 0 Å². The summed E-state index contributed by atoms with van der Waals surface area (Å²) in [5.74, 6) is 2.70. The number of alkyl halides is 6. The van der Waals surface area contributed by atoms with Gasteiger partial charge in [0.25, 0.3) is 0 Å². The van der Waals surface area contributed by atoms with Crippen LogP contribution < -0.4 is 0 Å². The fourth-order valence-electron chi connectivity index (χ4n) is 1.13. The molecule has 1 aromatic rings. The largest absolute Gasteiger partial charge is 0.457 e. The molecule has 0 heterocycles. The molecule has 0 fully saturated rings. The molecule has 98 valence electrons. The van der Waals surface area contributed by atoms with Crippen LogP contribution in [0, 0.1) is 11.8 Å². The molecule has 0 atom stereocenters. The van der Waals surface area contributed by atoms with Crippen LogP contribution in [-0.2, 0) is 12.6 Å². The Morgan fingerprint density at radius 3 is 2.17 bits per heavy atom. The molecular weight excluding hydrogens is 282 g/mol. The Morgan fingerprint density at radius 2 is 1.67 bits per heavy atom. The Labute approximate surface area is 104 Å². The molecule has 0 aromatic heterocycles. The minimum Gasteiger partial charge on any atom is -0.166 e. The molecule has 0 saturated heterocycles. The van der Waals surface area contributed by atoms with Crippen LogP contribution in [0.15, 0.2) is 18.2 Å². The Bertz CT molecular complexity index is 489. The van der Waals surface area contributed by atoms with E-state index in [4.69, 9.17) is 11.6 Å². The molecule has 7 heteroatoms. The summed E-state index contributed by atoms with van der Waals surface area (Å²) in [4.78, 5) is 0. The lowest BCUT2D eigenvalue weighted by Gasteiger charge is -2.08. The molecule has 0 aliphatic carbocycles. The van der Waals surface area contributed by atoms with Gasteiger partial charge in [0, 0.05) is 17.4 Å². The van der Waals surface area contributed by atoms with Crippen molar-refractivity contribution < 1.29 is 26.3 Å². The van der Waals surface area contributed by atoms with Crippen LogP contribution in [0.1, 0.15) is 11.1 Å². The minimum atomic E-state index is -4.67. The Balaban J connectivity index is 2.98. The van der Waals surface area contributed by atoms with Gasteiger partial charge < -0.3 is 0 Å². The molecule has 1 aromatic carbocycles. The average Bonchev–Trinajstić information content (AvgIpc) is 2.17. The summed E-state index contributed by atoms with van der Waals surface area (Å²) in [6, 6.07) is 2.42. The van der Waals surface area contributed by atoms with Crippen molar-refractivity contribution in [3.8, 4) is 11.8 Å². The lowest BCUT2D eigenvalue weighted by molar-refractivity contribution is -0.137. The van der Waals surface area contributed by atoms with Gasteiger partial charge in [-0.3, -0.25) is 0 Å². The van der Waals surface area contributed by atoms with Crippen LogP contribution in [0.2, 0.25) is 5.02 Å². The topological polar surface area (TPSA) is 0 Å².